The van der Waals surface area contributed by atoms with Crippen molar-refractivity contribution in [2.24, 2.45) is 11.8 Å². The zero-order chi connectivity index (χ0) is 34.2. The van der Waals surface area contributed by atoms with Gasteiger partial charge < -0.3 is 0 Å². The second kappa shape index (κ2) is 12.3. The molecule has 3 heteroatoms. The predicted octanol–water partition coefficient (Wildman–Crippen LogP) is 14.2. The molecule has 6 rings (SSSR count). The Morgan fingerprint density at radius 3 is 1.19 bits per heavy atom. The molecule has 0 saturated heterocycles. The number of rotatable bonds is 7. The second-order valence-corrected chi connectivity index (χ2v) is 38.2. The number of allylic oxidation sites excluding steroid dienone is 2. The van der Waals surface area contributed by atoms with Crippen LogP contribution in [-0.4, -0.2) is 0 Å². The summed E-state index contributed by atoms with van der Waals surface area (Å²) in [4.78, 5) is 0. The van der Waals surface area contributed by atoms with Gasteiger partial charge in [0.15, 0.2) is 0 Å². The van der Waals surface area contributed by atoms with Crippen LogP contribution >= 0.6 is 17.0 Å². The minimum atomic E-state index is -4.98. The van der Waals surface area contributed by atoms with Gasteiger partial charge in [-0.1, -0.05) is 0 Å². The normalized spacial score (nSPS) is 18.2. The van der Waals surface area contributed by atoms with Gasteiger partial charge in [-0.3, -0.25) is 0 Å². The van der Waals surface area contributed by atoms with Crippen molar-refractivity contribution in [3.8, 4) is 22.3 Å². The van der Waals surface area contributed by atoms with Crippen LogP contribution in [0.15, 0.2) is 71.8 Å². The van der Waals surface area contributed by atoms with Gasteiger partial charge in [-0.15, -0.1) is 0 Å². The van der Waals surface area contributed by atoms with Crippen LogP contribution in [0, 0.1) is 53.4 Å². The van der Waals surface area contributed by atoms with Gasteiger partial charge in [0.2, 0.25) is 0 Å². The van der Waals surface area contributed by atoms with E-state index >= 15 is 0 Å². The van der Waals surface area contributed by atoms with Crippen LogP contribution in [0.5, 0.6) is 0 Å². The molecule has 0 heterocycles. The van der Waals surface area contributed by atoms with Crippen LogP contribution in [0.1, 0.15) is 97.5 Å². The summed E-state index contributed by atoms with van der Waals surface area (Å²) in [7, 11) is 17.4. The molecule has 0 radical (unpaired) electrons. The molecule has 4 aromatic carbocycles. The van der Waals surface area contributed by atoms with Crippen molar-refractivity contribution in [2.75, 3.05) is 0 Å². The van der Waals surface area contributed by atoms with Crippen LogP contribution < -0.4 is 0 Å². The SMILES string of the molecule is C[CH2][Zr]([Cl])([Cl])([CH]1C(C(C)C)=Cc2c(-c3ccc(C)cc3)c(C)cc(C)c21)[CH]1C(C(C)C)=Cc2c(-c3ccc(C)cc3)c(C)cc(C)c21. The summed E-state index contributed by atoms with van der Waals surface area (Å²) in [6.07, 6.45) is 5.00. The van der Waals surface area contributed by atoms with Crippen molar-refractivity contribution in [1.29, 1.82) is 0 Å². The molecule has 2 unspecified atom stereocenters. The molecule has 0 bridgehead atoms. The Bertz CT molecular complexity index is 1810. The van der Waals surface area contributed by atoms with Gasteiger partial charge in [0.25, 0.3) is 0 Å². The minimum absolute atomic E-state index is 0.0335. The molecule has 2 atom stereocenters. The van der Waals surface area contributed by atoms with E-state index in [0.717, 1.165) is 4.13 Å². The standard InChI is InChI=1S/2C21H23.C2H5.2ClH.Zr/c2*1-13(2)18-11-19-15(4)10-16(5)21(20(19)12-18)17-8-6-14(3)7-9-17;1-2;;;/h2*6-13H,1-5H3;1H2,2H3;2*1H;/q;;;;;+2/p-2. The van der Waals surface area contributed by atoms with E-state index < -0.39 is 16.4 Å². The van der Waals surface area contributed by atoms with Gasteiger partial charge in [-0.2, -0.15) is 0 Å². The zero-order valence-electron chi connectivity index (χ0n) is 30.2. The third kappa shape index (κ3) is 5.52. The molecule has 0 amide bonds. The van der Waals surface area contributed by atoms with Gasteiger partial charge in [0, 0.05) is 0 Å². The maximum absolute atomic E-state index is 8.68. The van der Waals surface area contributed by atoms with E-state index in [1.54, 1.807) is 0 Å². The Morgan fingerprint density at radius 1 is 0.553 bits per heavy atom. The zero-order valence-corrected chi connectivity index (χ0v) is 34.2. The summed E-state index contributed by atoms with van der Waals surface area (Å²) in [5, 5.41) is 0. The molecule has 0 fully saturated rings. The fourth-order valence-corrected chi connectivity index (χ4v) is 27.6. The van der Waals surface area contributed by atoms with E-state index in [9.17, 15) is 0 Å². The third-order valence-corrected chi connectivity index (χ3v) is 31.9. The van der Waals surface area contributed by atoms with E-state index in [1.165, 1.54) is 89.0 Å². The molecule has 0 aliphatic heterocycles. The summed E-state index contributed by atoms with van der Waals surface area (Å²) in [5.41, 5.74) is 21.3. The molecule has 0 N–H and O–H groups in total. The molecule has 2 aliphatic rings. The number of hydrogen-bond acceptors (Lipinski definition) is 0. The fraction of sp³-hybridized carbons (Fsp3) is 0.364. The monoisotopic (exact) mass is 739 g/mol. The average Bonchev–Trinajstić information content (AvgIpc) is 3.62. The van der Waals surface area contributed by atoms with Crippen molar-refractivity contribution in [1.82, 2.24) is 0 Å². The quantitative estimate of drug-likeness (QED) is 0.177. The molecule has 0 nitrogen and oxygen atoms in total. The van der Waals surface area contributed by atoms with Crippen LogP contribution in [0.2, 0.25) is 4.13 Å². The Kier molecular flexibility index (Phi) is 9.08. The molecule has 0 saturated carbocycles. The second-order valence-electron chi connectivity index (χ2n) is 15.3. The van der Waals surface area contributed by atoms with Crippen molar-refractivity contribution in [2.45, 2.75) is 87.5 Å². The van der Waals surface area contributed by atoms with Crippen LogP contribution in [0.4, 0.5) is 0 Å². The van der Waals surface area contributed by atoms with E-state index in [0.29, 0.717) is 11.8 Å². The van der Waals surface area contributed by atoms with Gasteiger partial charge in [0.1, 0.15) is 0 Å². The molecule has 47 heavy (non-hydrogen) atoms. The Balaban J connectivity index is 1.67. The number of hydrogen-bond donors (Lipinski definition) is 0. The summed E-state index contributed by atoms with van der Waals surface area (Å²) in [5.74, 6) is 0.647. The number of fused-ring (bicyclic) bond motifs is 2. The van der Waals surface area contributed by atoms with E-state index in [4.69, 9.17) is 17.0 Å². The maximum atomic E-state index is 8.68. The van der Waals surface area contributed by atoms with Gasteiger partial charge in [0.05, 0.1) is 0 Å². The topological polar surface area (TPSA) is 0 Å². The first-order valence-corrected chi connectivity index (χ1v) is 28.4. The van der Waals surface area contributed by atoms with Gasteiger partial charge in [-0.05, 0) is 0 Å². The number of benzene rings is 4. The molecule has 4 aromatic rings. The third-order valence-electron chi connectivity index (χ3n) is 11.4. The first kappa shape index (κ1) is 34.7. The summed E-state index contributed by atoms with van der Waals surface area (Å²) in [6.45, 7) is 25.1. The molecule has 245 valence electrons. The van der Waals surface area contributed by atoms with Gasteiger partial charge in [-0.25, -0.2) is 0 Å². The Morgan fingerprint density at radius 2 is 0.894 bits per heavy atom. The van der Waals surface area contributed by atoms with E-state index in [2.05, 4.69) is 149 Å². The molecule has 0 spiro atoms. The van der Waals surface area contributed by atoms with Crippen LogP contribution in [0.25, 0.3) is 34.4 Å². The first-order chi connectivity index (χ1) is 22.1. The molecule has 0 aromatic heterocycles. The van der Waals surface area contributed by atoms with Crippen LogP contribution in [0.3, 0.4) is 0 Å². The van der Waals surface area contributed by atoms with Crippen molar-refractivity contribution < 1.29 is 16.4 Å². The summed E-state index contributed by atoms with van der Waals surface area (Å²) >= 11 is -4.98. The van der Waals surface area contributed by atoms with Crippen molar-refractivity contribution in [3.63, 3.8) is 0 Å². The van der Waals surface area contributed by atoms with Crippen LogP contribution in [-0.2, 0) is 16.4 Å². The first-order valence-electron chi connectivity index (χ1n) is 17.5. The number of halogens is 2. The van der Waals surface area contributed by atoms with Crippen molar-refractivity contribution >= 4 is 29.2 Å². The van der Waals surface area contributed by atoms with Gasteiger partial charge >= 0.3 is 295 Å². The Hall–Kier alpha value is -2.18. The predicted molar refractivity (Wildman–Crippen MR) is 205 cm³/mol. The average molecular weight is 742 g/mol. The Labute approximate surface area is 292 Å². The van der Waals surface area contributed by atoms with E-state index in [1.807, 2.05) is 0 Å². The number of aryl methyl sites for hydroxylation is 6. The van der Waals surface area contributed by atoms with E-state index in [-0.39, 0.29) is 7.25 Å². The summed E-state index contributed by atoms with van der Waals surface area (Å²) < 4.78 is 0.880. The molecular weight excluding hydrogens is 691 g/mol. The molecular formula is C44H51Cl2Zr. The molecule has 2 aliphatic carbocycles. The van der Waals surface area contributed by atoms with Crippen molar-refractivity contribution in [3.05, 3.63) is 127 Å². The summed E-state index contributed by atoms with van der Waals surface area (Å²) in [6, 6.07) is 22.8. The fourth-order valence-electron chi connectivity index (χ4n) is 9.02.